The number of nitrogens with one attached hydrogen (secondary N) is 1. The van der Waals surface area contributed by atoms with Crippen molar-refractivity contribution in [1.82, 2.24) is 0 Å². The van der Waals surface area contributed by atoms with E-state index in [2.05, 4.69) is 21.2 Å². The van der Waals surface area contributed by atoms with Gasteiger partial charge in [-0.05, 0) is 41.1 Å². The Labute approximate surface area is 122 Å². The third-order valence-corrected chi connectivity index (χ3v) is 3.24. The zero-order valence-corrected chi connectivity index (χ0v) is 13.0. The van der Waals surface area contributed by atoms with Crippen molar-refractivity contribution in [3.8, 4) is 5.75 Å². The predicted octanol–water partition coefficient (Wildman–Crippen LogP) is 2.80. The molecule has 1 amide bonds. The Morgan fingerprint density at radius 2 is 2.06 bits per heavy atom. The second kappa shape index (κ2) is 7.61. The van der Waals surface area contributed by atoms with Gasteiger partial charge in [-0.25, -0.2) is 0 Å². The quantitative estimate of drug-likeness (QED) is 0.888. The average molecular weight is 338 g/mol. The predicted molar refractivity (Wildman–Crippen MR) is 79.4 cm³/mol. The molecule has 2 atom stereocenters. The fraction of sp³-hybridized carbons (Fsp3) is 0.417. The number of halogens is 2. The molecule has 0 aliphatic carbocycles. The molecule has 0 heterocycles. The number of benzene rings is 1. The molecular weight excluding hydrogens is 320 g/mol. The Bertz CT molecular complexity index is 413. The van der Waals surface area contributed by atoms with Gasteiger partial charge in [-0.15, -0.1) is 12.4 Å². The van der Waals surface area contributed by atoms with Gasteiger partial charge in [0.1, 0.15) is 5.75 Å². The van der Waals surface area contributed by atoms with E-state index in [9.17, 15) is 4.79 Å². The lowest BCUT2D eigenvalue weighted by Gasteiger charge is -2.15. The summed E-state index contributed by atoms with van der Waals surface area (Å²) >= 11 is 3.36. The molecule has 0 aliphatic heterocycles. The van der Waals surface area contributed by atoms with Gasteiger partial charge in [-0.2, -0.15) is 0 Å². The van der Waals surface area contributed by atoms with Gasteiger partial charge in [-0.3, -0.25) is 4.79 Å². The number of rotatable bonds is 4. The average Bonchev–Trinajstić information content (AvgIpc) is 2.28. The normalized spacial score (nSPS) is 13.2. The van der Waals surface area contributed by atoms with E-state index in [0.717, 1.165) is 15.9 Å². The maximum Gasteiger partial charge on any atom is 0.228 e. The first-order valence-corrected chi connectivity index (χ1v) is 6.15. The molecule has 0 radical (unpaired) electrons. The van der Waals surface area contributed by atoms with Crippen molar-refractivity contribution >= 4 is 39.9 Å². The Kier molecular flexibility index (Phi) is 7.28. The maximum atomic E-state index is 11.8. The van der Waals surface area contributed by atoms with Crippen LogP contribution in [0.3, 0.4) is 0 Å². The van der Waals surface area contributed by atoms with Crippen LogP contribution in [-0.4, -0.2) is 19.1 Å². The van der Waals surface area contributed by atoms with Crippen LogP contribution in [0.1, 0.15) is 13.8 Å². The van der Waals surface area contributed by atoms with Crippen LogP contribution in [0.25, 0.3) is 0 Å². The van der Waals surface area contributed by atoms with E-state index in [1.54, 1.807) is 32.2 Å². The molecule has 0 aliphatic rings. The second-order valence-electron chi connectivity index (χ2n) is 3.99. The molecular formula is C12H18BrClN2O2. The lowest BCUT2D eigenvalue weighted by Crippen LogP contribution is -2.34. The molecule has 1 rings (SSSR count). The highest BCUT2D eigenvalue weighted by atomic mass is 79.9. The van der Waals surface area contributed by atoms with E-state index < -0.39 is 0 Å². The molecule has 0 fully saturated rings. The molecule has 1 aromatic rings. The van der Waals surface area contributed by atoms with Crippen molar-refractivity contribution in [2.75, 3.05) is 12.4 Å². The number of anilines is 1. The fourth-order valence-electron chi connectivity index (χ4n) is 1.24. The van der Waals surface area contributed by atoms with E-state index in [-0.39, 0.29) is 30.3 Å². The van der Waals surface area contributed by atoms with Gasteiger partial charge >= 0.3 is 0 Å². The number of methoxy groups -OCH3 is 1. The molecule has 18 heavy (non-hydrogen) atoms. The largest absolute Gasteiger partial charge is 0.496 e. The molecule has 6 heteroatoms. The van der Waals surface area contributed by atoms with Gasteiger partial charge in [0, 0.05) is 11.7 Å². The zero-order chi connectivity index (χ0) is 13.0. The number of ether oxygens (including phenoxy) is 1. The van der Waals surface area contributed by atoms with Crippen molar-refractivity contribution in [2.45, 2.75) is 19.9 Å². The standard InChI is InChI=1S/C12H17BrN2O2.ClH/c1-7(8(2)14)12(16)15-9-4-5-11(17-3)10(13)6-9;/h4-8H,14H2,1-3H3,(H,15,16);1H. The fourth-order valence-corrected chi connectivity index (χ4v) is 1.78. The second-order valence-corrected chi connectivity index (χ2v) is 4.84. The molecule has 102 valence electrons. The smallest absolute Gasteiger partial charge is 0.228 e. The highest BCUT2D eigenvalue weighted by molar-refractivity contribution is 9.10. The monoisotopic (exact) mass is 336 g/mol. The molecule has 0 saturated heterocycles. The Hall–Kier alpha value is -0.780. The summed E-state index contributed by atoms with van der Waals surface area (Å²) in [6.07, 6.45) is 0. The molecule has 1 aromatic carbocycles. The van der Waals surface area contributed by atoms with E-state index in [4.69, 9.17) is 10.5 Å². The number of nitrogens with two attached hydrogens (primary N) is 1. The van der Waals surface area contributed by atoms with Crippen LogP contribution in [0.2, 0.25) is 0 Å². The summed E-state index contributed by atoms with van der Waals surface area (Å²) < 4.78 is 5.91. The molecule has 0 saturated carbocycles. The van der Waals surface area contributed by atoms with E-state index >= 15 is 0 Å². The van der Waals surface area contributed by atoms with Crippen molar-refractivity contribution < 1.29 is 9.53 Å². The first kappa shape index (κ1) is 17.2. The van der Waals surface area contributed by atoms with Gasteiger partial charge in [0.2, 0.25) is 5.91 Å². The third kappa shape index (κ3) is 4.48. The molecule has 4 nitrogen and oxygen atoms in total. The topological polar surface area (TPSA) is 64.3 Å². The van der Waals surface area contributed by atoms with Crippen LogP contribution in [0, 0.1) is 5.92 Å². The summed E-state index contributed by atoms with van der Waals surface area (Å²) in [7, 11) is 1.59. The van der Waals surface area contributed by atoms with Crippen LogP contribution in [0.15, 0.2) is 22.7 Å². The van der Waals surface area contributed by atoms with Gasteiger partial charge in [0.05, 0.1) is 17.5 Å². The maximum absolute atomic E-state index is 11.8. The summed E-state index contributed by atoms with van der Waals surface area (Å²) in [6, 6.07) is 5.20. The SMILES string of the molecule is COc1ccc(NC(=O)C(C)C(C)N)cc1Br.Cl. The minimum absolute atomic E-state index is 0. The van der Waals surface area contributed by atoms with Crippen molar-refractivity contribution in [3.05, 3.63) is 22.7 Å². The van der Waals surface area contributed by atoms with Gasteiger partial charge < -0.3 is 15.8 Å². The first-order valence-electron chi connectivity index (χ1n) is 5.35. The highest BCUT2D eigenvalue weighted by Crippen LogP contribution is 2.27. The van der Waals surface area contributed by atoms with E-state index in [0.29, 0.717) is 0 Å². The van der Waals surface area contributed by atoms with Crippen molar-refractivity contribution in [3.63, 3.8) is 0 Å². The lowest BCUT2D eigenvalue weighted by molar-refractivity contribution is -0.119. The number of hydrogen-bond donors (Lipinski definition) is 2. The van der Waals surface area contributed by atoms with Crippen LogP contribution in [0.5, 0.6) is 5.75 Å². The number of carbonyl (C=O) groups is 1. The number of amides is 1. The van der Waals surface area contributed by atoms with Gasteiger partial charge in [-0.1, -0.05) is 6.92 Å². The third-order valence-electron chi connectivity index (χ3n) is 2.62. The van der Waals surface area contributed by atoms with Gasteiger partial charge in [0.15, 0.2) is 0 Å². The number of hydrogen-bond acceptors (Lipinski definition) is 3. The Morgan fingerprint density at radius 3 is 2.50 bits per heavy atom. The molecule has 0 aromatic heterocycles. The summed E-state index contributed by atoms with van der Waals surface area (Å²) in [5, 5.41) is 2.81. The van der Waals surface area contributed by atoms with Crippen LogP contribution in [-0.2, 0) is 4.79 Å². The summed E-state index contributed by atoms with van der Waals surface area (Å²) in [5.41, 5.74) is 6.39. The highest BCUT2D eigenvalue weighted by Gasteiger charge is 2.17. The Balaban J connectivity index is 0.00000289. The van der Waals surface area contributed by atoms with Crippen LogP contribution < -0.4 is 15.8 Å². The minimum atomic E-state index is -0.226. The zero-order valence-electron chi connectivity index (χ0n) is 10.6. The van der Waals surface area contributed by atoms with E-state index in [1.165, 1.54) is 0 Å². The summed E-state index contributed by atoms with van der Waals surface area (Å²) in [6.45, 7) is 3.62. The Morgan fingerprint density at radius 1 is 1.44 bits per heavy atom. The number of carbonyl (C=O) groups excluding carboxylic acids is 1. The summed E-state index contributed by atoms with van der Waals surface area (Å²) in [5.74, 6) is 0.413. The molecule has 0 bridgehead atoms. The minimum Gasteiger partial charge on any atom is -0.496 e. The van der Waals surface area contributed by atoms with Crippen LogP contribution >= 0.6 is 28.3 Å². The molecule has 3 N–H and O–H groups in total. The van der Waals surface area contributed by atoms with Crippen LogP contribution in [0.4, 0.5) is 5.69 Å². The van der Waals surface area contributed by atoms with E-state index in [1.807, 2.05) is 6.92 Å². The molecule has 2 unspecified atom stereocenters. The van der Waals surface area contributed by atoms with Crippen molar-refractivity contribution in [1.29, 1.82) is 0 Å². The summed E-state index contributed by atoms with van der Waals surface area (Å²) in [4.78, 5) is 11.8. The van der Waals surface area contributed by atoms with Crippen molar-refractivity contribution in [2.24, 2.45) is 11.7 Å². The molecule has 0 spiro atoms. The van der Waals surface area contributed by atoms with Gasteiger partial charge in [0.25, 0.3) is 0 Å². The lowest BCUT2D eigenvalue weighted by atomic mass is 10.0. The first-order chi connectivity index (χ1) is 7.95.